The molecule has 1 aromatic carbocycles. The third-order valence-corrected chi connectivity index (χ3v) is 7.43. The fraction of sp³-hybridized carbons (Fsp3) is 0.480. The van der Waals surface area contributed by atoms with Gasteiger partial charge >= 0.3 is 0 Å². The van der Waals surface area contributed by atoms with Crippen molar-refractivity contribution in [1.29, 1.82) is 0 Å². The molecule has 154 valence electrons. The molecule has 0 aliphatic carbocycles. The molecule has 3 aliphatic rings. The highest BCUT2D eigenvalue weighted by atomic mass is 15.3. The monoisotopic (exact) mass is 399 g/mol. The van der Waals surface area contributed by atoms with Crippen molar-refractivity contribution in [1.82, 2.24) is 19.9 Å². The first-order chi connectivity index (χ1) is 14.8. The van der Waals surface area contributed by atoms with Gasteiger partial charge in [0, 0.05) is 37.9 Å². The van der Waals surface area contributed by atoms with Gasteiger partial charge in [-0.25, -0.2) is 15.0 Å². The molecule has 30 heavy (non-hydrogen) atoms. The fourth-order valence-electron chi connectivity index (χ4n) is 6.31. The summed E-state index contributed by atoms with van der Waals surface area (Å²) in [6, 6.07) is 16.6. The quantitative estimate of drug-likeness (QED) is 0.640. The van der Waals surface area contributed by atoms with E-state index >= 15 is 0 Å². The van der Waals surface area contributed by atoms with Crippen LogP contribution in [0.25, 0.3) is 11.0 Å². The van der Waals surface area contributed by atoms with Crippen LogP contribution in [0.4, 0.5) is 5.82 Å². The Hall–Kier alpha value is -2.53. The van der Waals surface area contributed by atoms with Gasteiger partial charge in [-0.15, -0.1) is 0 Å². The number of hydrogen-bond donors (Lipinski definition) is 0. The zero-order valence-corrected chi connectivity index (χ0v) is 17.6. The van der Waals surface area contributed by atoms with E-state index in [1.807, 2.05) is 19.2 Å². The number of fused-ring (bicyclic) bond motifs is 5. The van der Waals surface area contributed by atoms with E-state index in [-0.39, 0.29) is 0 Å². The first-order valence-corrected chi connectivity index (χ1v) is 11.4. The van der Waals surface area contributed by atoms with E-state index in [2.05, 4.69) is 56.2 Å². The molecule has 0 amide bonds. The molecule has 2 bridgehead atoms. The van der Waals surface area contributed by atoms with Crippen LogP contribution in [-0.4, -0.2) is 45.5 Å². The molecule has 0 spiro atoms. The van der Waals surface area contributed by atoms with Crippen molar-refractivity contribution in [2.45, 2.75) is 44.7 Å². The topological polar surface area (TPSA) is 45.2 Å². The van der Waals surface area contributed by atoms with Gasteiger partial charge < -0.3 is 4.90 Å². The van der Waals surface area contributed by atoms with Gasteiger partial charge in [0.1, 0.15) is 11.6 Å². The Morgan fingerprint density at radius 2 is 1.83 bits per heavy atom. The maximum Gasteiger partial charge on any atom is 0.164 e. The Bertz CT molecular complexity index is 1050. The number of hydrogen-bond acceptors (Lipinski definition) is 5. The van der Waals surface area contributed by atoms with E-state index < -0.39 is 0 Å². The second kappa shape index (κ2) is 7.31. The highest BCUT2D eigenvalue weighted by Crippen LogP contribution is 2.45. The SMILES string of the molecule is Cc1nc(N2C[C@@H]3C[C@H](C2)[C@@H]2CCC[C@H](c4ccccc4)N2C3)c2cccnc2n1. The molecule has 5 heterocycles. The molecule has 3 aromatic rings. The molecule has 2 aromatic heterocycles. The van der Waals surface area contributed by atoms with Crippen LogP contribution in [0.3, 0.4) is 0 Å². The molecule has 3 fully saturated rings. The van der Waals surface area contributed by atoms with Crippen LogP contribution in [0.2, 0.25) is 0 Å². The molecule has 3 saturated heterocycles. The summed E-state index contributed by atoms with van der Waals surface area (Å²) in [6.07, 6.45) is 7.15. The maximum absolute atomic E-state index is 4.88. The van der Waals surface area contributed by atoms with Gasteiger partial charge in [-0.3, -0.25) is 4.90 Å². The average molecular weight is 400 g/mol. The Morgan fingerprint density at radius 1 is 0.933 bits per heavy atom. The summed E-state index contributed by atoms with van der Waals surface area (Å²) in [6.45, 7) is 5.37. The lowest BCUT2D eigenvalue weighted by Gasteiger charge is -2.55. The number of aromatic nitrogens is 3. The molecule has 0 N–H and O–H groups in total. The lowest BCUT2D eigenvalue weighted by molar-refractivity contribution is -0.0200. The smallest absolute Gasteiger partial charge is 0.164 e. The van der Waals surface area contributed by atoms with Crippen LogP contribution in [0.15, 0.2) is 48.7 Å². The molecular weight excluding hydrogens is 370 g/mol. The highest BCUT2D eigenvalue weighted by Gasteiger charge is 2.45. The number of anilines is 1. The van der Waals surface area contributed by atoms with E-state index in [1.165, 1.54) is 37.8 Å². The average Bonchev–Trinajstić information content (AvgIpc) is 2.78. The standard InChI is InChI=1S/C25H29N5/c1-17-27-24-21(9-6-12-26-24)25(28-17)29-14-18-13-20(16-29)23-11-5-10-22(30(23)15-18)19-7-3-2-4-8-19/h2-4,6-9,12,18,20,22-23H,5,10-11,13-16H2,1H3/t18-,20+,22+,23-/m0/s1. The second-order valence-corrected chi connectivity index (χ2v) is 9.36. The van der Waals surface area contributed by atoms with Gasteiger partial charge in [0.05, 0.1) is 5.39 Å². The minimum atomic E-state index is 0.591. The van der Waals surface area contributed by atoms with Crippen molar-refractivity contribution in [3.63, 3.8) is 0 Å². The van der Waals surface area contributed by atoms with Crippen LogP contribution in [0.5, 0.6) is 0 Å². The predicted molar refractivity (Wildman–Crippen MR) is 119 cm³/mol. The van der Waals surface area contributed by atoms with Crippen LogP contribution >= 0.6 is 0 Å². The number of benzene rings is 1. The summed E-state index contributed by atoms with van der Waals surface area (Å²) < 4.78 is 0. The Balaban J connectivity index is 1.31. The van der Waals surface area contributed by atoms with Crippen LogP contribution < -0.4 is 4.90 Å². The molecule has 5 nitrogen and oxygen atoms in total. The number of rotatable bonds is 2. The minimum Gasteiger partial charge on any atom is -0.355 e. The van der Waals surface area contributed by atoms with Crippen molar-refractivity contribution < 1.29 is 0 Å². The van der Waals surface area contributed by atoms with E-state index in [1.54, 1.807) is 0 Å². The van der Waals surface area contributed by atoms with Gasteiger partial charge in [-0.05, 0) is 62.1 Å². The summed E-state index contributed by atoms with van der Waals surface area (Å²) in [7, 11) is 0. The van der Waals surface area contributed by atoms with Crippen molar-refractivity contribution in [2.75, 3.05) is 24.5 Å². The Kier molecular flexibility index (Phi) is 4.45. The molecular formula is C25H29N5. The zero-order chi connectivity index (χ0) is 20.1. The Labute approximate surface area is 178 Å². The van der Waals surface area contributed by atoms with Crippen LogP contribution in [-0.2, 0) is 0 Å². The fourth-order valence-corrected chi connectivity index (χ4v) is 6.31. The highest BCUT2D eigenvalue weighted by molar-refractivity contribution is 5.86. The summed E-state index contributed by atoms with van der Waals surface area (Å²) in [5.41, 5.74) is 2.32. The summed E-state index contributed by atoms with van der Waals surface area (Å²) in [5.74, 6) is 3.32. The number of pyridine rings is 1. The first-order valence-electron chi connectivity index (χ1n) is 11.4. The van der Waals surface area contributed by atoms with Crippen molar-refractivity contribution in [3.05, 3.63) is 60.0 Å². The van der Waals surface area contributed by atoms with Crippen LogP contribution in [0.1, 0.15) is 43.1 Å². The van der Waals surface area contributed by atoms with E-state index in [0.29, 0.717) is 23.9 Å². The molecule has 0 unspecified atom stereocenters. The minimum absolute atomic E-state index is 0.591. The van der Waals surface area contributed by atoms with E-state index in [9.17, 15) is 0 Å². The molecule has 3 aliphatic heterocycles. The predicted octanol–water partition coefficient (Wildman–Crippen LogP) is 4.39. The number of nitrogens with zero attached hydrogens (tertiary/aromatic N) is 5. The number of piperidine rings is 3. The van der Waals surface area contributed by atoms with E-state index in [0.717, 1.165) is 35.8 Å². The van der Waals surface area contributed by atoms with Gasteiger partial charge in [-0.2, -0.15) is 0 Å². The van der Waals surface area contributed by atoms with Gasteiger partial charge in [0.15, 0.2) is 5.65 Å². The van der Waals surface area contributed by atoms with Gasteiger partial charge in [0.25, 0.3) is 0 Å². The van der Waals surface area contributed by atoms with Gasteiger partial charge in [0.2, 0.25) is 0 Å². The molecule has 0 saturated carbocycles. The maximum atomic E-state index is 4.88. The Morgan fingerprint density at radius 3 is 2.73 bits per heavy atom. The summed E-state index contributed by atoms with van der Waals surface area (Å²) in [4.78, 5) is 19.3. The molecule has 5 heteroatoms. The largest absolute Gasteiger partial charge is 0.355 e. The lowest BCUT2D eigenvalue weighted by Crippen LogP contribution is -2.59. The van der Waals surface area contributed by atoms with Crippen molar-refractivity contribution >= 4 is 16.9 Å². The molecule has 4 atom stereocenters. The van der Waals surface area contributed by atoms with Crippen molar-refractivity contribution in [2.24, 2.45) is 11.8 Å². The summed E-state index contributed by atoms with van der Waals surface area (Å²) >= 11 is 0. The van der Waals surface area contributed by atoms with Crippen LogP contribution in [0, 0.1) is 18.8 Å². The lowest BCUT2D eigenvalue weighted by atomic mass is 9.74. The van der Waals surface area contributed by atoms with Gasteiger partial charge in [-0.1, -0.05) is 30.3 Å². The normalized spacial score (nSPS) is 29.0. The van der Waals surface area contributed by atoms with Crippen molar-refractivity contribution in [3.8, 4) is 0 Å². The first kappa shape index (κ1) is 18.3. The second-order valence-electron chi connectivity index (χ2n) is 9.36. The molecule has 0 radical (unpaired) electrons. The summed E-state index contributed by atoms with van der Waals surface area (Å²) in [5, 5.41) is 1.09. The van der Waals surface area contributed by atoms with E-state index in [4.69, 9.17) is 4.98 Å². The number of aryl methyl sites for hydroxylation is 1. The molecule has 6 rings (SSSR count). The zero-order valence-electron chi connectivity index (χ0n) is 17.6. The third-order valence-electron chi connectivity index (χ3n) is 7.43. The third kappa shape index (κ3) is 3.07.